The Morgan fingerprint density at radius 2 is 1.39 bits per heavy atom. The standard InChI is InChI=1S/C31H34N2O4Si/c1-23-21-26(33(35)36)22-24(2)29(23)32-19-12-13-25(30(32)34)18-20-37-38(31(3,4)5,27-14-8-6-9-15-27)28-16-10-7-11-17-28/h6-17,19,21-22H,18,20H2,1-5H3. The zero-order valence-corrected chi connectivity index (χ0v) is 23.6. The van der Waals surface area contributed by atoms with Gasteiger partial charge in [0.05, 0.1) is 10.6 Å². The number of nitro benzene ring substituents is 1. The molecular formula is C31H34N2O4Si. The predicted molar refractivity (Wildman–Crippen MR) is 155 cm³/mol. The lowest BCUT2D eigenvalue weighted by molar-refractivity contribution is -0.384. The zero-order valence-electron chi connectivity index (χ0n) is 22.6. The number of benzene rings is 3. The van der Waals surface area contributed by atoms with Gasteiger partial charge in [0, 0.05) is 30.5 Å². The van der Waals surface area contributed by atoms with Crippen LogP contribution in [-0.2, 0) is 10.8 Å². The van der Waals surface area contributed by atoms with Crippen molar-refractivity contribution in [2.24, 2.45) is 0 Å². The molecule has 0 fully saturated rings. The number of nitrogens with zero attached hydrogens (tertiary/aromatic N) is 2. The van der Waals surface area contributed by atoms with Crippen LogP contribution in [0.5, 0.6) is 0 Å². The molecule has 4 aromatic rings. The van der Waals surface area contributed by atoms with Gasteiger partial charge >= 0.3 is 0 Å². The lowest BCUT2D eigenvalue weighted by atomic mass is 10.1. The summed E-state index contributed by atoms with van der Waals surface area (Å²) < 4.78 is 8.57. The summed E-state index contributed by atoms with van der Waals surface area (Å²) in [4.78, 5) is 24.4. The molecule has 0 aliphatic heterocycles. The molecule has 3 aromatic carbocycles. The second-order valence-electron chi connectivity index (χ2n) is 10.7. The molecule has 0 aliphatic carbocycles. The average Bonchev–Trinajstić information content (AvgIpc) is 2.88. The van der Waals surface area contributed by atoms with Gasteiger partial charge in [0.1, 0.15) is 0 Å². The Hall–Kier alpha value is -3.81. The molecule has 7 heteroatoms. The van der Waals surface area contributed by atoms with E-state index < -0.39 is 13.2 Å². The van der Waals surface area contributed by atoms with Gasteiger partial charge in [0.2, 0.25) is 0 Å². The van der Waals surface area contributed by atoms with Crippen molar-refractivity contribution in [2.75, 3.05) is 6.61 Å². The van der Waals surface area contributed by atoms with Crippen molar-refractivity contribution in [2.45, 2.75) is 46.1 Å². The maximum absolute atomic E-state index is 13.6. The molecule has 1 heterocycles. The van der Waals surface area contributed by atoms with Crippen LogP contribution in [0.15, 0.2) is 95.9 Å². The molecule has 0 radical (unpaired) electrons. The summed E-state index contributed by atoms with van der Waals surface area (Å²) in [6.07, 6.45) is 2.17. The molecule has 0 amide bonds. The quantitative estimate of drug-likeness (QED) is 0.173. The van der Waals surface area contributed by atoms with E-state index in [4.69, 9.17) is 4.43 Å². The summed E-state index contributed by atoms with van der Waals surface area (Å²) in [7, 11) is -2.71. The Kier molecular flexibility index (Phi) is 7.80. The minimum absolute atomic E-state index is 0.0201. The van der Waals surface area contributed by atoms with Crippen LogP contribution in [-0.4, -0.2) is 24.4 Å². The van der Waals surface area contributed by atoms with Gasteiger partial charge < -0.3 is 4.43 Å². The number of hydrogen-bond acceptors (Lipinski definition) is 4. The molecule has 4 rings (SSSR count). The maximum atomic E-state index is 13.6. The molecule has 1 aromatic heterocycles. The third-order valence-electron chi connectivity index (χ3n) is 7.06. The van der Waals surface area contributed by atoms with Gasteiger partial charge in [0.15, 0.2) is 0 Å². The number of pyridine rings is 1. The number of aromatic nitrogens is 1. The first kappa shape index (κ1) is 27.2. The SMILES string of the molecule is Cc1cc([N+](=O)[O-])cc(C)c1-n1cccc(CCO[Si](c2ccccc2)(c2ccccc2)C(C)(C)C)c1=O. The topological polar surface area (TPSA) is 74.4 Å². The molecule has 0 spiro atoms. The smallest absolute Gasteiger partial charge is 0.270 e. The first-order valence-corrected chi connectivity index (χ1v) is 14.7. The minimum atomic E-state index is -2.71. The summed E-state index contributed by atoms with van der Waals surface area (Å²) in [5, 5.41) is 13.5. The fourth-order valence-electron chi connectivity index (χ4n) is 5.40. The molecule has 0 saturated carbocycles. The van der Waals surface area contributed by atoms with E-state index in [2.05, 4.69) is 69.3 Å². The summed E-state index contributed by atoms with van der Waals surface area (Å²) in [5.74, 6) is 0. The number of aryl methyl sites for hydroxylation is 2. The fourth-order valence-corrected chi connectivity index (χ4v) is 9.96. The van der Waals surface area contributed by atoms with Crippen LogP contribution in [0.2, 0.25) is 5.04 Å². The summed E-state index contributed by atoms with van der Waals surface area (Å²) in [5.41, 5.74) is 2.56. The number of nitro groups is 1. The Balaban J connectivity index is 1.70. The van der Waals surface area contributed by atoms with Gasteiger partial charge in [-0.15, -0.1) is 0 Å². The highest BCUT2D eigenvalue weighted by molar-refractivity contribution is 6.99. The van der Waals surface area contributed by atoms with Crippen LogP contribution >= 0.6 is 0 Å². The van der Waals surface area contributed by atoms with Crippen LogP contribution in [0.3, 0.4) is 0 Å². The molecule has 0 saturated heterocycles. The van der Waals surface area contributed by atoms with Crippen molar-refractivity contribution in [3.05, 3.63) is 128 Å². The fraction of sp³-hybridized carbons (Fsp3) is 0.258. The van der Waals surface area contributed by atoms with Gasteiger partial charge in [-0.2, -0.15) is 0 Å². The van der Waals surface area contributed by atoms with Gasteiger partial charge in [-0.1, -0.05) is 87.5 Å². The van der Waals surface area contributed by atoms with Gasteiger partial charge in [-0.25, -0.2) is 0 Å². The van der Waals surface area contributed by atoms with E-state index in [9.17, 15) is 14.9 Å². The molecular weight excluding hydrogens is 492 g/mol. The molecule has 0 bridgehead atoms. The normalized spacial score (nSPS) is 11.9. The van der Waals surface area contributed by atoms with Crippen molar-refractivity contribution in [1.29, 1.82) is 0 Å². The largest absolute Gasteiger partial charge is 0.407 e. The number of non-ortho nitro benzene ring substituents is 1. The number of hydrogen-bond donors (Lipinski definition) is 0. The Morgan fingerprint density at radius 1 is 0.868 bits per heavy atom. The van der Waals surface area contributed by atoms with Gasteiger partial charge in [-0.05, 0) is 52.9 Å². The van der Waals surface area contributed by atoms with Crippen molar-refractivity contribution in [3.8, 4) is 5.69 Å². The third kappa shape index (κ3) is 5.12. The van der Waals surface area contributed by atoms with Crippen LogP contribution < -0.4 is 15.9 Å². The van der Waals surface area contributed by atoms with E-state index in [0.29, 0.717) is 35.4 Å². The van der Waals surface area contributed by atoms with Crippen LogP contribution in [0.1, 0.15) is 37.5 Å². The summed E-state index contributed by atoms with van der Waals surface area (Å²) in [6.45, 7) is 10.7. The summed E-state index contributed by atoms with van der Waals surface area (Å²) in [6, 6.07) is 27.6. The van der Waals surface area contributed by atoms with Crippen LogP contribution in [0.4, 0.5) is 5.69 Å². The molecule has 0 N–H and O–H groups in total. The van der Waals surface area contributed by atoms with Crippen LogP contribution in [0, 0.1) is 24.0 Å². The highest BCUT2D eigenvalue weighted by atomic mass is 28.4. The number of rotatable bonds is 8. The maximum Gasteiger partial charge on any atom is 0.270 e. The van der Waals surface area contributed by atoms with E-state index in [-0.39, 0.29) is 16.3 Å². The minimum Gasteiger partial charge on any atom is -0.407 e. The van der Waals surface area contributed by atoms with Gasteiger partial charge in [0.25, 0.3) is 19.6 Å². The summed E-state index contributed by atoms with van der Waals surface area (Å²) >= 11 is 0. The van der Waals surface area contributed by atoms with E-state index >= 15 is 0 Å². The Morgan fingerprint density at radius 3 is 1.87 bits per heavy atom. The molecule has 0 unspecified atom stereocenters. The monoisotopic (exact) mass is 526 g/mol. The highest BCUT2D eigenvalue weighted by Gasteiger charge is 2.50. The molecule has 0 atom stereocenters. The van der Waals surface area contributed by atoms with E-state index in [1.165, 1.54) is 22.5 Å². The molecule has 196 valence electrons. The average molecular weight is 527 g/mol. The first-order chi connectivity index (χ1) is 18.1. The lowest BCUT2D eigenvalue weighted by Crippen LogP contribution is -2.66. The van der Waals surface area contributed by atoms with E-state index in [1.807, 2.05) is 24.3 Å². The van der Waals surface area contributed by atoms with E-state index in [0.717, 1.165) is 0 Å². The van der Waals surface area contributed by atoms with E-state index in [1.54, 1.807) is 24.6 Å². The predicted octanol–water partition coefficient (Wildman–Crippen LogP) is 5.48. The molecule has 0 aliphatic rings. The Labute approximate surface area is 224 Å². The second-order valence-corrected chi connectivity index (χ2v) is 15.0. The second kappa shape index (κ2) is 10.9. The third-order valence-corrected chi connectivity index (χ3v) is 12.1. The van der Waals surface area contributed by atoms with Crippen molar-refractivity contribution in [3.63, 3.8) is 0 Å². The first-order valence-electron chi connectivity index (χ1n) is 12.8. The molecule has 6 nitrogen and oxygen atoms in total. The van der Waals surface area contributed by atoms with Crippen LogP contribution in [0.25, 0.3) is 5.69 Å². The zero-order chi connectivity index (χ0) is 27.5. The lowest BCUT2D eigenvalue weighted by Gasteiger charge is -2.43. The highest BCUT2D eigenvalue weighted by Crippen LogP contribution is 2.36. The van der Waals surface area contributed by atoms with Gasteiger partial charge in [-0.3, -0.25) is 19.5 Å². The molecule has 38 heavy (non-hydrogen) atoms. The Bertz CT molecular complexity index is 1430. The van der Waals surface area contributed by atoms with Crippen molar-refractivity contribution >= 4 is 24.4 Å². The van der Waals surface area contributed by atoms with Crippen molar-refractivity contribution in [1.82, 2.24) is 4.57 Å². The van der Waals surface area contributed by atoms with Crippen molar-refractivity contribution < 1.29 is 9.35 Å².